The van der Waals surface area contributed by atoms with Crippen molar-refractivity contribution in [3.8, 4) is 0 Å². The van der Waals surface area contributed by atoms with E-state index in [-0.39, 0.29) is 5.91 Å². The van der Waals surface area contributed by atoms with E-state index >= 15 is 0 Å². The van der Waals surface area contributed by atoms with Gasteiger partial charge >= 0.3 is 0 Å². The van der Waals surface area contributed by atoms with Crippen LogP contribution in [0.1, 0.15) is 25.1 Å². The van der Waals surface area contributed by atoms with Gasteiger partial charge < -0.3 is 10.3 Å². The number of amides is 1. The lowest BCUT2D eigenvalue weighted by atomic mass is 10.3. The smallest absolute Gasteiger partial charge is 0.220 e. The summed E-state index contributed by atoms with van der Waals surface area (Å²) in [4.78, 5) is 19.1. The summed E-state index contributed by atoms with van der Waals surface area (Å²) in [6.07, 6.45) is 3.08. The first-order chi connectivity index (χ1) is 8.31. The molecule has 1 amide bonds. The molecule has 0 radical (unpaired) electrons. The van der Waals surface area contributed by atoms with Crippen LogP contribution in [0, 0.1) is 5.92 Å². The quantitative estimate of drug-likeness (QED) is 0.842. The minimum absolute atomic E-state index is 0.132. The van der Waals surface area contributed by atoms with Crippen LogP contribution in [0.25, 0.3) is 11.0 Å². The Bertz CT molecular complexity index is 509. The number of hydrogen-bond donors (Lipinski definition) is 2. The van der Waals surface area contributed by atoms with Crippen LogP contribution in [0.4, 0.5) is 0 Å². The van der Waals surface area contributed by atoms with Gasteiger partial charge in [0.1, 0.15) is 5.82 Å². The van der Waals surface area contributed by atoms with E-state index < -0.39 is 0 Å². The molecule has 1 fully saturated rings. The lowest BCUT2D eigenvalue weighted by Crippen LogP contribution is -2.23. The van der Waals surface area contributed by atoms with E-state index in [1.54, 1.807) is 0 Å². The van der Waals surface area contributed by atoms with E-state index in [1.807, 2.05) is 24.3 Å². The molecule has 2 N–H and O–H groups in total. The third-order valence-electron chi connectivity index (χ3n) is 3.06. The summed E-state index contributed by atoms with van der Waals surface area (Å²) >= 11 is 0. The highest BCUT2D eigenvalue weighted by atomic mass is 16.1. The van der Waals surface area contributed by atoms with Gasteiger partial charge in [0.25, 0.3) is 0 Å². The minimum Gasteiger partial charge on any atom is -0.349 e. The number of benzene rings is 1. The van der Waals surface area contributed by atoms with Crippen LogP contribution in [0.5, 0.6) is 0 Å². The van der Waals surface area contributed by atoms with Gasteiger partial charge in [0.2, 0.25) is 5.91 Å². The first-order valence-electron chi connectivity index (χ1n) is 6.01. The van der Waals surface area contributed by atoms with Crippen molar-refractivity contribution in [1.29, 1.82) is 0 Å². The highest BCUT2D eigenvalue weighted by Crippen LogP contribution is 2.32. The number of carbonyl (C=O) groups is 1. The zero-order chi connectivity index (χ0) is 11.7. The minimum atomic E-state index is 0.132. The summed E-state index contributed by atoms with van der Waals surface area (Å²) < 4.78 is 0. The number of aromatic nitrogens is 2. The average Bonchev–Trinajstić information content (AvgIpc) is 3.03. The lowest BCUT2D eigenvalue weighted by Gasteiger charge is -2.01. The van der Waals surface area contributed by atoms with Gasteiger partial charge in [0, 0.05) is 6.42 Å². The average molecular weight is 229 g/mol. The first-order valence-corrected chi connectivity index (χ1v) is 6.01. The molecule has 1 aromatic heterocycles. The Morgan fingerprint density at radius 1 is 1.41 bits per heavy atom. The molecule has 3 rings (SSSR count). The number of para-hydroxylation sites is 2. The molecular formula is C13H15N3O. The molecule has 2 aromatic rings. The van der Waals surface area contributed by atoms with E-state index in [2.05, 4.69) is 15.3 Å². The van der Waals surface area contributed by atoms with E-state index in [1.165, 1.54) is 12.8 Å². The number of imidazole rings is 1. The zero-order valence-corrected chi connectivity index (χ0v) is 9.57. The van der Waals surface area contributed by atoms with Crippen LogP contribution in [-0.2, 0) is 11.3 Å². The molecule has 88 valence electrons. The first kappa shape index (κ1) is 10.3. The molecular weight excluding hydrogens is 214 g/mol. The number of carbonyl (C=O) groups excluding carboxylic acids is 1. The maximum absolute atomic E-state index is 11.5. The Balaban J connectivity index is 1.61. The second kappa shape index (κ2) is 4.20. The van der Waals surface area contributed by atoms with Crippen LogP contribution in [0.3, 0.4) is 0 Å². The second-order valence-corrected chi connectivity index (χ2v) is 4.62. The van der Waals surface area contributed by atoms with Crippen molar-refractivity contribution >= 4 is 16.9 Å². The maximum atomic E-state index is 11.5. The highest BCUT2D eigenvalue weighted by molar-refractivity contribution is 5.77. The number of fused-ring (bicyclic) bond motifs is 1. The molecule has 1 aromatic carbocycles. The molecule has 1 aliphatic rings. The molecule has 1 aliphatic carbocycles. The summed E-state index contributed by atoms with van der Waals surface area (Å²) in [5.74, 6) is 1.58. The number of aromatic amines is 1. The molecule has 17 heavy (non-hydrogen) atoms. The summed E-state index contributed by atoms with van der Waals surface area (Å²) in [6.45, 7) is 0.486. The largest absolute Gasteiger partial charge is 0.349 e. The normalized spacial score (nSPS) is 15.1. The number of H-pyrrole nitrogens is 1. The molecule has 0 saturated heterocycles. The lowest BCUT2D eigenvalue weighted by molar-refractivity contribution is -0.121. The fourth-order valence-electron chi connectivity index (χ4n) is 1.93. The number of hydrogen-bond acceptors (Lipinski definition) is 2. The Hall–Kier alpha value is -1.84. The van der Waals surface area contributed by atoms with Gasteiger partial charge in [-0.2, -0.15) is 0 Å². The van der Waals surface area contributed by atoms with Gasteiger partial charge in [-0.05, 0) is 30.9 Å². The standard InChI is InChI=1S/C13H15N3O/c17-13(7-9-5-6-9)14-8-12-15-10-3-1-2-4-11(10)16-12/h1-4,9H,5-8H2,(H,14,17)(H,15,16). The number of nitrogens with zero attached hydrogens (tertiary/aromatic N) is 1. The topological polar surface area (TPSA) is 57.8 Å². The second-order valence-electron chi connectivity index (χ2n) is 4.62. The Morgan fingerprint density at radius 3 is 3.00 bits per heavy atom. The summed E-state index contributed by atoms with van der Waals surface area (Å²) in [5.41, 5.74) is 1.96. The number of rotatable bonds is 4. The fraction of sp³-hybridized carbons (Fsp3) is 0.385. The Labute approximate surface area is 99.4 Å². The van der Waals surface area contributed by atoms with Crippen molar-refractivity contribution in [1.82, 2.24) is 15.3 Å². The van der Waals surface area contributed by atoms with Crippen LogP contribution in [0.2, 0.25) is 0 Å². The summed E-state index contributed by atoms with van der Waals surface area (Å²) in [7, 11) is 0. The van der Waals surface area contributed by atoms with Gasteiger partial charge in [-0.3, -0.25) is 4.79 Å². The van der Waals surface area contributed by atoms with E-state index in [4.69, 9.17) is 0 Å². The van der Waals surface area contributed by atoms with Crippen molar-refractivity contribution in [3.05, 3.63) is 30.1 Å². The summed E-state index contributed by atoms with van der Waals surface area (Å²) in [5, 5.41) is 2.90. The Kier molecular flexibility index (Phi) is 2.55. The third-order valence-corrected chi connectivity index (χ3v) is 3.06. The van der Waals surface area contributed by atoms with Crippen LogP contribution in [-0.4, -0.2) is 15.9 Å². The molecule has 0 spiro atoms. The molecule has 0 atom stereocenters. The van der Waals surface area contributed by atoms with Crippen molar-refractivity contribution in [2.75, 3.05) is 0 Å². The number of nitrogens with one attached hydrogen (secondary N) is 2. The molecule has 0 aliphatic heterocycles. The van der Waals surface area contributed by atoms with E-state index in [0.717, 1.165) is 16.9 Å². The van der Waals surface area contributed by atoms with Gasteiger partial charge in [-0.1, -0.05) is 12.1 Å². The van der Waals surface area contributed by atoms with Gasteiger partial charge in [-0.15, -0.1) is 0 Å². The van der Waals surface area contributed by atoms with Crippen molar-refractivity contribution in [2.24, 2.45) is 5.92 Å². The molecule has 0 bridgehead atoms. The molecule has 1 heterocycles. The zero-order valence-electron chi connectivity index (χ0n) is 9.57. The van der Waals surface area contributed by atoms with Crippen molar-refractivity contribution in [3.63, 3.8) is 0 Å². The SMILES string of the molecule is O=C(CC1CC1)NCc1nc2ccccc2[nH]1. The van der Waals surface area contributed by atoms with Crippen LogP contribution < -0.4 is 5.32 Å². The van der Waals surface area contributed by atoms with E-state index in [0.29, 0.717) is 18.9 Å². The van der Waals surface area contributed by atoms with Crippen molar-refractivity contribution in [2.45, 2.75) is 25.8 Å². The maximum Gasteiger partial charge on any atom is 0.220 e. The van der Waals surface area contributed by atoms with Gasteiger partial charge in [0.05, 0.1) is 17.6 Å². The Morgan fingerprint density at radius 2 is 2.24 bits per heavy atom. The fourth-order valence-corrected chi connectivity index (χ4v) is 1.93. The third kappa shape index (κ3) is 2.46. The van der Waals surface area contributed by atoms with Gasteiger partial charge in [-0.25, -0.2) is 4.98 Å². The van der Waals surface area contributed by atoms with Crippen LogP contribution >= 0.6 is 0 Å². The molecule has 1 saturated carbocycles. The highest BCUT2D eigenvalue weighted by Gasteiger charge is 2.24. The predicted molar refractivity (Wildman–Crippen MR) is 65.3 cm³/mol. The van der Waals surface area contributed by atoms with Crippen molar-refractivity contribution < 1.29 is 4.79 Å². The molecule has 0 unspecified atom stereocenters. The van der Waals surface area contributed by atoms with E-state index in [9.17, 15) is 4.79 Å². The molecule has 4 heteroatoms. The summed E-state index contributed by atoms with van der Waals surface area (Å²) in [6, 6.07) is 7.87. The van der Waals surface area contributed by atoms with Crippen LogP contribution in [0.15, 0.2) is 24.3 Å². The predicted octanol–water partition coefficient (Wildman–Crippen LogP) is 1.98. The van der Waals surface area contributed by atoms with Gasteiger partial charge in [0.15, 0.2) is 0 Å². The monoisotopic (exact) mass is 229 g/mol. The molecule has 4 nitrogen and oxygen atoms in total.